The molecule has 0 fully saturated rings. The lowest BCUT2D eigenvalue weighted by atomic mass is 10.2. The highest BCUT2D eigenvalue weighted by molar-refractivity contribution is 8.00. The number of amides is 1. The predicted molar refractivity (Wildman–Crippen MR) is 71.0 cm³/mol. The Balaban J connectivity index is 2.26. The maximum absolute atomic E-state index is 13.3. The minimum Gasteiger partial charge on any atom is -0.393 e. The first-order valence-corrected chi connectivity index (χ1v) is 7.00. The fourth-order valence-corrected chi connectivity index (χ4v) is 2.16. The van der Waals surface area contributed by atoms with Gasteiger partial charge >= 0.3 is 0 Å². The van der Waals surface area contributed by atoms with Gasteiger partial charge in [-0.3, -0.25) is 4.79 Å². The number of benzene rings is 1. The molecule has 2 N–H and O–H groups in total. The summed E-state index contributed by atoms with van der Waals surface area (Å²) in [4.78, 5) is 11.7. The predicted octanol–water partition coefficient (Wildman–Crippen LogP) is 2.33. The van der Waals surface area contributed by atoms with Crippen LogP contribution < -0.4 is 5.32 Å². The zero-order valence-corrected chi connectivity index (χ0v) is 11.5. The van der Waals surface area contributed by atoms with Crippen molar-refractivity contribution in [1.82, 2.24) is 5.32 Å². The van der Waals surface area contributed by atoms with Crippen molar-refractivity contribution in [3.8, 4) is 0 Å². The summed E-state index contributed by atoms with van der Waals surface area (Å²) in [5, 5.41) is 11.7. The maximum atomic E-state index is 13.3. The Labute approximate surface area is 115 Å². The second-order valence-electron chi connectivity index (χ2n) is 4.20. The van der Waals surface area contributed by atoms with Crippen LogP contribution in [0.25, 0.3) is 0 Å². The molecule has 0 spiro atoms. The Morgan fingerprint density at radius 1 is 1.47 bits per heavy atom. The smallest absolute Gasteiger partial charge is 0.230 e. The first kappa shape index (κ1) is 15.9. The van der Waals surface area contributed by atoms with Gasteiger partial charge in [-0.1, -0.05) is 0 Å². The third kappa shape index (κ3) is 6.54. The van der Waals surface area contributed by atoms with Crippen LogP contribution in [0.2, 0.25) is 0 Å². The summed E-state index contributed by atoms with van der Waals surface area (Å²) < 4.78 is 25.9. The number of rotatable bonds is 7. The Morgan fingerprint density at radius 2 is 2.21 bits per heavy atom. The highest BCUT2D eigenvalue weighted by Gasteiger charge is 2.07. The number of aliphatic hydroxyl groups is 1. The van der Waals surface area contributed by atoms with Gasteiger partial charge in [0.25, 0.3) is 0 Å². The quantitative estimate of drug-likeness (QED) is 0.598. The van der Waals surface area contributed by atoms with E-state index in [-0.39, 0.29) is 22.7 Å². The van der Waals surface area contributed by atoms with Crippen LogP contribution in [-0.2, 0) is 4.79 Å². The van der Waals surface area contributed by atoms with Crippen molar-refractivity contribution in [3.63, 3.8) is 0 Å². The van der Waals surface area contributed by atoms with Crippen LogP contribution in [0.1, 0.15) is 19.8 Å². The number of carbonyl (C=O) groups excluding carboxylic acids is 1. The van der Waals surface area contributed by atoms with E-state index >= 15 is 0 Å². The number of halogens is 2. The van der Waals surface area contributed by atoms with Crippen molar-refractivity contribution >= 4 is 17.7 Å². The van der Waals surface area contributed by atoms with Crippen LogP contribution in [-0.4, -0.2) is 29.4 Å². The van der Waals surface area contributed by atoms with E-state index < -0.39 is 11.6 Å². The van der Waals surface area contributed by atoms with E-state index in [1.807, 2.05) is 0 Å². The maximum Gasteiger partial charge on any atom is 0.230 e. The number of aliphatic hydroxyl groups excluding tert-OH is 1. The van der Waals surface area contributed by atoms with Crippen molar-refractivity contribution in [2.45, 2.75) is 30.8 Å². The molecule has 1 aromatic rings. The van der Waals surface area contributed by atoms with E-state index in [9.17, 15) is 13.6 Å². The fraction of sp³-hybridized carbons (Fsp3) is 0.462. The average molecular weight is 289 g/mol. The Kier molecular flexibility index (Phi) is 6.80. The van der Waals surface area contributed by atoms with Gasteiger partial charge in [0, 0.05) is 17.5 Å². The molecule has 1 aromatic carbocycles. The van der Waals surface area contributed by atoms with E-state index in [1.54, 1.807) is 6.92 Å². The first-order valence-electron chi connectivity index (χ1n) is 6.01. The molecule has 0 aliphatic rings. The monoisotopic (exact) mass is 289 g/mol. The second-order valence-corrected chi connectivity index (χ2v) is 5.22. The van der Waals surface area contributed by atoms with Crippen LogP contribution in [0.5, 0.6) is 0 Å². The molecule has 0 heterocycles. The number of hydrogen-bond acceptors (Lipinski definition) is 3. The summed E-state index contributed by atoms with van der Waals surface area (Å²) in [7, 11) is 0. The molecule has 106 valence electrons. The second kappa shape index (κ2) is 8.12. The van der Waals surface area contributed by atoms with Crippen molar-refractivity contribution in [2.24, 2.45) is 0 Å². The molecule has 0 aromatic heterocycles. The molecule has 1 rings (SSSR count). The largest absolute Gasteiger partial charge is 0.393 e. The van der Waals surface area contributed by atoms with E-state index in [4.69, 9.17) is 5.11 Å². The molecule has 0 saturated carbocycles. The van der Waals surface area contributed by atoms with Gasteiger partial charge in [0.15, 0.2) is 0 Å². The number of nitrogens with one attached hydrogen (secondary N) is 1. The standard InChI is InChI=1S/C13H17F2NO2S/c1-9(17)3-2-6-16-13(18)8-19-12-5-4-10(14)7-11(12)15/h4-5,7,9,17H,2-3,6,8H2,1H3,(H,16,18). The molecule has 0 aliphatic carbocycles. The lowest BCUT2D eigenvalue weighted by Crippen LogP contribution is -2.26. The molecule has 0 aliphatic heterocycles. The Hall–Kier alpha value is -1.14. The van der Waals surface area contributed by atoms with E-state index in [0.717, 1.165) is 23.9 Å². The van der Waals surface area contributed by atoms with Crippen LogP contribution in [0.4, 0.5) is 8.78 Å². The van der Waals surface area contributed by atoms with Crippen molar-refractivity contribution in [2.75, 3.05) is 12.3 Å². The van der Waals surface area contributed by atoms with Crippen molar-refractivity contribution < 1.29 is 18.7 Å². The SMILES string of the molecule is CC(O)CCCNC(=O)CSc1ccc(F)cc1F. The zero-order chi connectivity index (χ0) is 14.3. The molecule has 0 bridgehead atoms. The Morgan fingerprint density at radius 3 is 2.84 bits per heavy atom. The highest BCUT2D eigenvalue weighted by atomic mass is 32.2. The van der Waals surface area contributed by atoms with Gasteiger partial charge in [0.05, 0.1) is 11.9 Å². The number of carbonyl (C=O) groups is 1. The normalized spacial score (nSPS) is 12.2. The van der Waals surface area contributed by atoms with Crippen LogP contribution in [0.15, 0.2) is 23.1 Å². The van der Waals surface area contributed by atoms with Gasteiger partial charge in [-0.2, -0.15) is 0 Å². The van der Waals surface area contributed by atoms with Gasteiger partial charge in [-0.15, -0.1) is 11.8 Å². The van der Waals surface area contributed by atoms with Gasteiger partial charge in [-0.25, -0.2) is 8.78 Å². The van der Waals surface area contributed by atoms with Gasteiger partial charge in [0.1, 0.15) is 11.6 Å². The van der Waals surface area contributed by atoms with E-state index in [2.05, 4.69) is 5.32 Å². The topological polar surface area (TPSA) is 49.3 Å². The van der Waals surface area contributed by atoms with Crippen molar-refractivity contribution in [1.29, 1.82) is 0 Å². The van der Waals surface area contributed by atoms with Crippen molar-refractivity contribution in [3.05, 3.63) is 29.8 Å². The molecular formula is C13H17F2NO2S. The lowest BCUT2D eigenvalue weighted by Gasteiger charge is -2.07. The zero-order valence-electron chi connectivity index (χ0n) is 10.7. The summed E-state index contributed by atoms with van der Waals surface area (Å²) in [6, 6.07) is 3.27. The molecule has 6 heteroatoms. The molecule has 1 amide bonds. The van der Waals surface area contributed by atoms with E-state index in [0.29, 0.717) is 19.4 Å². The fourth-order valence-electron chi connectivity index (χ4n) is 1.41. The minimum absolute atomic E-state index is 0.0806. The van der Waals surface area contributed by atoms with Gasteiger partial charge in [-0.05, 0) is 31.9 Å². The summed E-state index contributed by atoms with van der Waals surface area (Å²) in [5.41, 5.74) is 0. The first-order chi connectivity index (χ1) is 8.99. The summed E-state index contributed by atoms with van der Waals surface area (Å²) in [6.07, 6.45) is 0.943. The minimum atomic E-state index is -0.660. The summed E-state index contributed by atoms with van der Waals surface area (Å²) in [5.74, 6) is -1.42. The number of hydrogen-bond donors (Lipinski definition) is 2. The molecule has 0 radical (unpaired) electrons. The molecule has 1 atom stereocenters. The van der Waals surface area contributed by atoms with Gasteiger partial charge in [0.2, 0.25) is 5.91 Å². The summed E-state index contributed by atoms with van der Waals surface area (Å²) in [6.45, 7) is 2.17. The average Bonchev–Trinajstić information content (AvgIpc) is 2.33. The lowest BCUT2D eigenvalue weighted by molar-refractivity contribution is -0.118. The number of thioether (sulfide) groups is 1. The van der Waals surface area contributed by atoms with Crippen LogP contribution in [0.3, 0.4) is 0 Å². The molecule has 1 unspecified atom stereocenters. The third-order valence-corrected chi connectivity index (χ3v) is 3.42. The highest BCUT2D eigenvalue weighted by Crippen LogP contribution is 2.21. The molecular weight excluding hydrogens is 272 g/mol. The van der Waals surface area contributed by atoms with Crippen LogP contribution >= 0.6 is 11.8 Å². The van der Waals surface area contributed by atoms with Gasteiger partial charge < -0.3 is 10.4 Å². The Bertz CT molecular complexity index is 427. The summed E-state index contributed by atoms with van der Waals surface area (Å²) >= 11 is 1.03. The molecule has 3 nitrogen and oxygen atoms in total. The molecule has 0 saturated heterocycles. The third-order valence-electron chi connectivity index (χ3n) is 2.37. The van der Waals surface area contributed by atoms with E-state index in [1.165, 1.54) is 6.07 Å². The molecule has 19 heavy (non-hydrogen) atoms. The van der Waals surface area contributed by atoms with Crippen LogP contribution in [0, 0.1) is 11.6 Å².